The fraction of sp³-hybridized carbons (Fsp3) is 0.625. The predicted octanol–water partition coefficient (Wildman–Crippen LogP) is 2.01. The van der Waals surface area contributed by atoms with Gasteiger partial charge < -0.3 is 0 Å². The fourth-order valence-corrected chi connectivity index (χ4v) is 1.72. The van der Waals surface area contributed by atoms with E-state index in [0.29, 0.717) is 4.95 Å². The smallest absolute Gasteiger partial charge is 0.240 e. The summed E-state index contributed by atoms with van der Waals surface area (Å²) in [4.78, 5) is 0.452. The van der Waals surface area contributed by atoms with E-state index in [4.69, 9.17) is 0 Å². The van der Waals surface area contributed by atoms with Crippen molar-refractivity contribution in [1.29, 1.82) is 0 Å². The number of nitrogens with zero attached hydrogens (tertiary/aromatic N) is 2. The molecule has 1 unspecified atom stereocenters. The monoisotopic (exact) mass is 217 g/mol. The van der Waals surface area contributed by atoms with Crippen LogP contribution in [-0.2, 0) is 7.05 Å². The number of hydrogen-bond acceptors (Lipinski definition) is 0. The Kier molecular flexibility index (Phi) is 3.12. The Hall–Kier alpha value is -0.310. The highest BCUT2D eigenvalue weighted by Crippen LogP contribution is 2.19. The zero-order valence-corrected chi connectivity index (χ0v) is 8.58. The highest BCUT2D eigenvalue weighted by molar-refractivity contribution is 9.09. The Morgan fingerprint density at radius 1 is 1.64 bits per heavy atom. The SMILES string of the molecule is CCCC(Br)n1cc[n+](C)c1. The van der Waals surface area contributed by atoms with Crippen molar-refractivity contribution in [2.75, 3.05) is 0 Å². The quantitative estimate of drug-likeness (QED) is 0.542. The molecule has 0 radical (unpaired) electrons. The molecule has 62 valence electrons. The summed E-state index contributed by atoms with van der Waals surface area (Å²) in [6, 6.07) is 0. The van der Waals surface area contributed by atoms with Crippen LogP contribution < -0.4 is 4.57 Å². The fourth-order valence-electron chi connectivity index (χ4n) is 1.02. The first-order chi connectivity index (χ1) is 5.24. The van der Waals surface area contributed by atoms with E-state index < -0.39 is 0 Å². The molecule has 1 aromatic rings. The van der Waals surface area contributed by atoms with Crippen LogP contribution in [0.4, 0.5) is 0 Å². The molecule has 0 aromatic carbocycles. The summed E-state index contributed by atoms with van der Waals surface area (Å²) in [6.45, 7) is 2.19. The third-order valence-electron chi connectivity index (χ3n) is 1.64. The summed E-state index contributed by atoms with van der Waals surface area (Å²) >= 11 is 3.61. The molecule has 1 heterocycles. The van der Waals surface area contributed by atoms with Crippen LogP contribution in [0.15, 0.2) is 18.7 Å². The molecule has 1 atom stereocenters. The summed E-state index contributed by atoms with van der Waals surface area (Å²) in [7, 11) is 2.03. The summed E-state index contributed by atoms with van der Waals surface area (Å²) < 4.78 is 4.22. The van der Waals surface area contributed by atoms with Gasteiger partial charge in [-0.25, -0.2) is 9.13 Å². The third kappa shape index (κ3) is 2.33. The molecule has 0 spiro atoms. The number of aryl methyl sites for hydroxylation is 1. The molecule has 0 N–H and O–H groups in total. The zero-order chi connectivity index (χ0) is 8.27. The molecule has 2 nitrogen and oxygen atoms in total. The summed E-state index contributed by atoms with van der Waals surface area (Å²) in [5, 5.41) is 0. The van der Waals surface area contributed by atoms with E-state index in [0.717, 1.165) is 0 Å². The maximum Gasteiger partial charge on any atom is 0.244 e. The summed E-state index contributed by atoms with van der Waals surface area (Å²) in [5.41, 5.74) is 0. The van der Waals surface area contributed by atoms with E-state index in [1.165, 1.54) is 12.8 Å². The van der Waals surface area contributed by atoms with Gasteiger partial charge in [0.1, 0.15) is 12.4 Å². The Morgan fingerprint density at radius 3 is 2.82 bits per heavy atom. The maximum absolute atomic E-state index is 3.61. The van der Waals surface area contributed by atoms with E-state index in [9.17, 15) is 0 Å². The van der Waals surface area contributed by atoms with Gasteiger partial charge in [-0.2, -0.15) is 0 Å². The van der Waals surface area contributed by atoms with Gasteiger partial charge >= 0.3 is 0 Å². The lowest BCUT2D eigenvalue weighted by Gasteiger charge is -2.02. The van der Waals surface area contributed by atoms with E-state index in [-0.39, 0.29) is 0 Å². The topological polar surface area (TPSA) is 8.81 Å². The molecule has 0 bridgehead atoms. The van der Waals surface area contributed by atoms with Crippen molar-refractivity contribution in [2.24, 2.45) is 7.05 Å². The Morgan fingerprint density at radius 2 is 2.36 bits per heavy atom. The number of rotatable bonds is 3. The predicted molar refractivity (Wildman–Crippen MR) is 48.5 cm³/mol. The van der Waals surface area contributed by atoms with Crippen molar-refractivity contribution < 1.29 is 4.57 Å². The van der Waals surface area contributed by atoms with Gasteiger partial charge in [0.05, 0.1) is 7.05 Å². The largest absolute Gasteiger partial charge is 0.244 e. The van der Waals surface area contributed by atoms with E-state index in [2.05, 4.69) is 39.9 Å². The van der Waals surface area contributed by atoms with Crippen molar-refractivity contribution in [3.8, 4) is 0 Å². The van der Waals surface area contributed by atoms with Crippen molar-refractivity contribution >= 4 is 15.9 Å². The maximum atomic E-state index is 3.61. The second-order valence-electron chi connectivity index (χ2n) is 2.75. The van der Waals surface area contributed by atoms with Crippen LogP contribution in [0.5, 0.6) is 0 Å². The molecule has 0 saturated heterocycles. The third-order valence-corrected chi connectivity index (χ3v) is 2.57. The highest BCUT2D eigenvalue weighted by atomic mass is 79.9. The van der Waals surface area contributed by atoms with Gasteiger partial charge in [-0.05, 0) is 22.4 Å². The highest BCUT2D eigenvalue weighted by Gasteiger charge is 2.09. The molecular formula is C8H14BrN2+. The Bertz CT molecular complexity index is 220. The Labute approximate surface area is 76.0 Å². The van der Waals surface area contributed by atoms with Crippen molar-refractivity contribution in [3.05, 3.63) is 18.7 Å². The first-order valence-electron chi connectivity index (χ1n) is 3.91. The van der Waals surface area contributed by atoms with Gasteiger partial charge in [-0.3, -0.25) is 0 Å². The molecule has 0 aliphatic rings. The lowest BCUT2D eigenvalue weighted by molar-refractivity contribution is -0.671. The lowest BCUT2D eigenvalue weighted by atomic mass is 10.3. The molecule has 0 fully saturated rings. The van der Waals surface area contributed by atoms with Gasteiger partial charge in [0.15, 0.2) is 4.95 Å². The minimum absolute atomic E-state index is 0.452. The number of alkyl halides is 1. The Balaban J connectivity index is 2.60. The number of halogens is 1. The van der Waals surface area contributed by atoms with Gasteiger partial charge in [-0.15, -0.1) is 0 Å². The molecule has 0 amide bonds. The first kappa shape index (κ1) is 8.78. The van der Waals surface area contributed by atoms with Crippen molar-refractivity contribution in [2.45, 2.75) is 24.7 Å². The molecule has 3 heteroatoms. The van der Waals surface area contributed by atoms with Gasteiger partial charge in [0.2, 0.25) is 6.33 Å². The number of aromatic nitrogens is 2. The van der Waals surface area contributed by atoms with Crippen LogP contribution in [0.25, 0.3) is 0 Å². The van der Waals surface area contributed by atoms with Crippen molar-refractivity contribution in [3.63, 3.8) is 0 Å². The van der Waals surface area contributed by atoms with E-state index in [1.807, 2.05) is 17.8 Å². The molecule has 0 aliphatic heterocycles. The van der Waals surface area contributed by atoms with Crippen molar-refractivity contribution in [1.82, 2.24) is 4.57 Å². The van der Waals surface area contributed by atoms with Gasteiger partial charge in [0.25, 0.3) is 0 Å². The van der Waals surface area contributed by atoms with Crippen LogP contribution >= 0.6 is 15.9 Å². The second-order valence-corrected chi connectivity index (χ2v) is 3.81. The van der Waals surface area contributed by atoms with Crippen LogP contribution in [0.2, 0.25) is 0 Å². The van der Waals surface area contributed by atoms with E-state index >= 15 is 0 Å². The average molecular weight is 218 g/mol. The molecule has 1 rings (SSSR count). The summed E-state index contributed by atoms with van der Waals surface area (Å²) in [5.74, 6) is 0. The average Bonchev–Trinajstić information content (AvgIpc) is 2.36. The molecule has 11 heavy (non-hydrogen) atoms. The van der Waals surface area contributed by atoms with Gasteiger partial charge in [0, 0.05) is 0 Å². The van der Waals surface area contributed by atoms with Crippen LogP contribution in [0.1, 0.15) is 24.7 Å². The molecule has 0 saturated carbocycles. The number of imidazole rings is 1. The molecule has 1 aromatic heterocycles. The van der Waals surface area contributed by atoms with Crippen LogP contribution in [0.3, 0.4) is 0 Å². The zero-order valence-electron chi connectivity index (χ0n) is 7.00. The molecule has 0 aliphatic carbocycles. The standard InChI is InChI=1S/C8H14BrN2/c1-3-4-8(9)11-6-5-10(2)7-11/h5-8H,3-4H2,1-2H3/q+1. The van der Waals surface area contributed by atoms with E-state index in [1.54, 1.807) is 0 Å². The minimum Gasteiger partial charge on any atom is -0.240 e. The molecular weight excluding hydrogens is 204 g/mol. The normalized spacial score (nSPS) is 13.4. The minimum atomic E-state index is 0.452. The van der Waals surface area contributed by atoms with Crippen LogP contribution in [-0.4, -0.2) is 4.57 Å². The van der Waals surface area contributed by atoms with Gasteiger partial charge in [-0.1, -0.05) is 13.3 Å². The lowest BCUT2D eigenvalue weighted by Crippen LogP contribution is -2.24. The number of hydrogen-bond donors (Lipinski definition) is 0. The first-order valence-corrected chi connectivity index (χ1v) is 4.82. The second kappa shape index (κ2) is 3.90. The summed E-state index contributed by atoms with van der Waals surface area (Å²) in [6.07, 6.45) is 8.58. The van der Waals surface area contributed by atoms with Crippen LogP contribution in [0, 0.1) is 0 Å².